The Balaban J connectivity index is 1.75. The molecule has 2 amide bonds. The molecule has 6 heteroatoms. The minimum atomic E-state index is -0.000292. The Labute approximate surface area is 127 Å². The first-order chi connectivity index (χ1) is 10.1. The fourth-order valence-corrected chi connectivity index (χ4v) is 2.73. The minimum absolute atomic E-state index is 0.000292. The molecule has 2 fully saturated rings. The molecule has 6 nitrogen and oxygen atoms in total. The smallest absolute Gasteiger partial charge is 0.317 e. The maximum Gasteiger partial charge on any atom is 0.317 e. The lowest BCUT2D eigenvalue weighted by atomic mass is 10.1. The Morgan fingerprint density at radius 3 is 2.71 bits per heavy atom. The van der Waals surface area contributed by atoms with Crippen LogP contribution in [0.4, 0.5) is 4.79 Å². The maximum atomic E-state index is 12.3. The topological polar surface area (TPSA) is 48.0 Å². The SMILES string of the molecule is C#CCN1CCN(C(=O)N[C@@H](C)[C@@H]2CN(C)CCO2)CC1. The van der Waals surface area contributed by atoms with Crippen LogP contribution in [0.5, 0.6) is 0 Å². The number of hydrogen-bond donors (Lipinski definition) is 1. The third-order valence-corrected chi connectivity index (χ3v) is 4.18. The number of rotatable bonds is 3. The number of likely N-dealkylation sites (N-methyl/N-ethyl adjacent to an activating group) is 1. The van der Waals surface area contributed by atoms with Crippen LogP contribution in [-0.2, 0) is 4.74 Å². The van der Waals surface area contributed by atoms with Crippen LogP contribution in [0.15, 0.2) is 0 Å². The van der Waals surface area contributed by atoms with Gasteiger partial charge in [-0.25, -0.2) is 4.79 Å². The summed E-state index contributed by atoms with van der Waals surface area (Å²) in [4.78, 5) is 18.6. The maximum absolute atomic E-state index is 12.3. The van der Waals surface area contributed by atoms with E-state index in [9.17, 15) is 4.79 Å². The van der Waals surface area contributed by atoms with Crippen LogP contribution in [0, 0.1) is 12.3 Å². The fraction of sp³-hybridized carbons (Fsp3) is 0.800. The van der Waals surface area contributed by atoms with E-state index >= 15 is 0 Å². The van der Waals surface area contributed by atoms with Gasteiger partial charge in [0.15, 0.2) is 0 Å². The number of morpholine rings is 1. The van der Waals surface area contributed by atoms with Crippen molar-refractivity contribution in [3.63, 3.8) is 0 Å². The van der Waals surface area contributed by atoms with Gasteiger partial charge in [0.2, 0.25) is 0 Å². The van der Waals surface area contributed by atoms with E-state index in [4.69, 9.17) is 11.2 Å². The van der Waals surface area contributed by atoms with Crippen molar-refractivity contribution in [2.24, 2.45) is 0 Å². The van der Waals surface area contributed by atoms with E-state index in [-0.39, 0.29) is 18.2 Å². The third kappa shape index (κ3) is 4.60. The molecule has 118 valence electrons. The zero-order chi connectivity index (χ0) is 15.2. The zero-order valence-corrected chi connectivity index (χ0v) is 13.0. The molecule has 0 aromatic rings. The summed E-state index contributed by atoms with van der Waals surface area (Å²) in [6, 6.07) is 0.0173. The Morgan fingerprint density at radius 2 is 2.10 bits per heavy atom. The van der Waals surface area contributed by atoms with Crippen LogP contribution in [0.3, 0.4) is 0 Å². The summed E-state index contributed by atoms with van der Waals surface area (Å²) in [5.41, 5.74) is 0. The molecule has 2 atom stereocenters. The molecule has 0 aromatic heterocycles. The van der Waals surface area contributed by atoms with E-state index in [0.717, 1.165) is 45.9 Å². The predicted molar refractivity (Wildman–Crippen MR) is 82.1 cm³/mol. The van der Waals surface area contributed by atoms with Crippen molar-refractivity contribution in [2.75, 3.05) is 59.5 Å². The van der Waals surface area contributed by atoms with Crippen molar-refractivity contribution in [1.82, 2.24) is 20.0 Å². The second-order valence-corrected chi connectivity index (χ2v) is 5.88. The van der Waals surface area contributed by atoms with E-state index in [1.807, 2.05) is 11.8 Å². The molecule has 0 saturated carbocycles. The number of hydrogen-bond acceptors (Lipinski definition) is 4. The molecule has 2 rings (SSSR count). The molecule has 2 saturated heterocycles. The normalized spacial score (nSPS) is 26.1. The standard InChI is InChI=1S/C15H26N4O2/c1-4-5-18-6-8-19(9-7-18)15(20)16-13(2)14-12-17(3)10-11-21-14/h1,13-14H,5-12H2,2-3H3,(H,16,20)/t13-,14-/m0/s1. The summed E-state index contributed by atoms with van der Waals surface area (Å²) >= 11 is 0. The van der Waals surface area contributed by atoms with Gasteiger partial charge < -0.3 is 19.9 Å². The molecular weight excluding hydrogens is 268 g/mol. The van der Waals surface area contributed by atoms with E-state index in [1.165, 1.54) is 0 Å². The van der Waals surface area contributed by atoms with Gasteiger partial charge in [-0.15, -0.1) is 6.42 Å². The molecule has 0 bridgehead atoms. The molecule has 0 unspecified atom stereocenters. The summed E-state index contributed by atoms with van der Waals surface area (Å²) in [5, 5.41) is 3.06. The van der Waals surface area contributed by atoms with Gasteiger partial charge in [0, 0.05) is 39.3 Å². The van der Waals surface area contributed by atoms with E-state index in [2.05, 4.69) is 28.1 Å². The van der Waals surface area contributed by atoms with Gasteiger partial charge in [0.05, 0.1) is 25.3 Å². The Kier molecular flexibility index (Phi) is 5.85. The summed E-state index contributed by atoms with van der Waals surface area (Å²) in [6.07, 6.45) is 5.38. The average molecular weight is 294 g/mol. The van der Waals surface area contributed by atoms with Gasteiger partial charge in [-0.3, -0.25) is 4.90 Å². The molecule has 2 aliphatic rings. The van der Waals surface area contributed by atoms with Crippen molar-refractivity contribution in [3.8, 4) is 12.3 Å². The molecule has 0 radical (unpaired) electrons. The lowest BCUT2D eigenvalue weighted by Crippen LogP contribution is -2.57. The highest BCUT2D eigenvalue weighted by Gasteiger charge is 2.27. The van der Waals surface area contributed by atoms with Crippen LogP contribution in [-0.4, -0.2) is 92.3 Å². The summed E-state index contributed by atoms with van der Waals surface area (Å²) < 4.78 is 5.74. The molecule has 1 N–H and O–H groups in total. The number of urea groups is 1. The lowest BCUT2D eigenvalue weighted by Gasteiger charge is -2.37. The minimum Gasteiger partial charge on any atom is -0.373 e. The zero-order valence-electron chi connectivity index (χ0n) is 13.0. The van der Waals surface area contributed by atoms with Gasteiger partial charge in [-0.1, -0.05) is 5.92 Å². The second kappa shape index (κ2) is 7.64. The molecule has 0 spiro atoms. The predicted octanol–water partition coefficient (Wildman–Crippen LogP) is -0.334. The van der Waals surface area contributed by atoms with Gasteiger partial charge >= 0.3 is 6.03 Å². The third-order valence-electron chi connectivity index (χ3n) is 4.18. The van der Waals surface area contributed by atoms with Gasteiger partial charge in [0.25, 0.3) is 0 Å². The highest BCUT2D eigenvalue weighted by molar-refractivity contribution is 5.74. The van der Waals surface area contributed by atoms with Crippen LogP contribution in [0.2, 0.25) is 0 Å². The number of nitrogens with zero attached hydrogens (tertiary/aromatic N) is 3. The average Bonchev–Trinajstić information content (AvgIpc) is 2.48. The number of carbonyl (C=O) groups excluding carboxylic acids is 1. The monoisotopic (exact) mass is 294 g/mol. The number of carbonyl (C=O) groups is 1. The number of amides is 2. The van der Waals surface area contributed by atoms with Crippen molar-refractivity contribution < 1.29 is 9.53 Å². The molecule has 2 heterocycles. The van der Waals surface area contributed by atoms with Crippen molar-refractivity contribution >= 4 is 6.03 Å². The van der Waals surface area contributed by atoms with Crippen LogP contribution in [0.25, 0.3) is 0 Å². The van der Waals surface area contributed by atoms with Crippen molar-refractivity contribution in [1.29, 1.82) is 0 Å². The Hall–Kier alpha value is -1.29. The van der Waals surface area contributed by atoms with E-state index < -0.39 is 0 Å². The summed E-state index contributed by atoms with van der Waals surface area (Å²) in [5.74, 6) is 2.65. The molecular formula is C15H26N4O2. The number of piperazine rings is 1. The highest BCUT2D eigenvalue weighted by atomic mass is 16.5. The Bertz CT molecular complexity index is 388. The van der Waals surface area contributed by atoms with E-state index in [0.29, 0.717) is 6.54 Å². The summed E-state index contributed by atoms with van der Waals surface area (Å²) in [6.45, 7) is 8.35. The van der Waals surface area contributed by atoms with Gasteiger partial charge in [-0.05, 0) is 14.0 Å². The number of terminal acetylenes is 1. The van der Waals surface area contributed by atoms with Gasteiger partial charge in [-0.2, -0.15) is 0 Å². The van der Waals surface area contributed by atoms with Crippen molar-refractivity contribution in [2.45, 2.75) is 19.1 Å². The number of nitrogens with one attached hydrogen (secondary N) is 1. The number of ether oxygens (including phenoxy) is 1. The van der Waals surface area contributed by atoms with Crippen LogP contribution in [0.1, 0.15) is 6.92 Å². The first-order valence-electron chi connectivity index (χ1n) is 7.61. The van der Waals surface area contributed by atoms with Crippen LogP contribution < -0.4 is 5.32 Å². The molecule has 0 aromatic carbocycles. The molecule has 21 heavy (non-hydrogen) atoms. The first kappa shape index (κ1) is 16.1. The second-order valence-electron chi connectivity index (χ2n) is 5.88. The first-order valence-corrected chi connectivity index (χ1v) is 7.61. The summed E-state index contributed by atoms with van der Waals surface area (Å²) in [7, 11) is 2.08. The van der Waals surface area contributed by atoms with Gasteiger partial charge in [0.1, 0.15) is 0 Å². The fourth-order valence-electron chi connectivity index (χ4n) is 2.73. The van der Waals surface area contributed by atoms with Crippen LogP contribution >= 0.6 is 0 Å². The lowest BCUT2D eigenvalue weighted by molar-refractivity contribution is -0.0341. The van der Waals surface area contributed by atoms with Crippen molar-refractivity contribution in [3.05, 3.63) is 0 Å². The quantitative estimate of drug-likeness (QED) is 0.724. The van der Waals surface area contributed by atoms with E-state index in [1.54, 1.807) is 0 Å². The Morgan fingerprint density at radius 1 is 1.38 bits per heavy atom. The molecule has 2 aliphatic heterocycles. The largest absolute Gasteiger partial charge is 0.373 e. The highest BCUT2D eigenvalue weighted by Crippen LogP contribution is 2.08. The molecule has 0 aliphatic carbocycles.